The van der Waals surface area contributed by atoms with E-state index in [-0.39, 0.29) is 11.9 Å². The molecule has 28 heavy (non-hydrogen) atoms. The Hall–Kier alpha value is -2.55. The van der Waals surface area contributed by atoms with Crippen molar-refractivity contribution >= 4 is 56.6 Å². The van der Waals surface area contributed by atoms with Crippen LogP contribution in [0.2, 0.25) is 5.02 Å². The van der Waals surface area contributed by atoms with Gasteiger partial charge >= 0.3 is 0 Å². The van der Waals surface area contributed by atoms with E-state index in [1.807, 2.05) is 36.4 Å². The van der Waals surface area contributed by atoms with E-state index >= 15 is 0 Å². The van der Waals surface area contributed by atoms with Gasteiger partial charge in [-0.15, -0.1) is 26.9 Å². The van der Waals surface area contributed by atoms with Crippen LogP contribution in [0, 0.1) is 0 Å². The number of hydrogen-bond acceptors (Lipinski definition) is 6. The minimum absolute atomic E-state index is 0.185. The zero-order valence-electron chi connectivity index (χ0n) is 14.2. The molecule has 2 unspecified atom stereocenters. The van der Waals surface area contributed by atoms with Gasteiger partial charge in [0.15, 0.2) is 0 Å². The largest absolute Gasteiger partial charge is 0.276 e. The molecule has 0 aliphatic carbocycles. The van der Waals surface area contributed by atoms with E-state index in [4.69, 9.17) is 23.2 Å². The summed E-state index contributed by atoms with van der Waals surface area (Å²) in [6, 6.07) is 14.7. The summed E-state index contributed by atoms with van der Waals surface area (Å²) in [5.41, 5.74) is 2.64. The van der Waals surface area contributed by atoms with Crippen molar-refractivity contribution in [1.29, 1.82) is 0 Å². The van der Waals surface area contributed by atoms with Crippen molar-refractivity contribution in [3.05, 3.63) is 64.1 Å². The molecule has 1 fully saturated rings. The summed E-state index contributed by atoms with van der Waals surface area (Å²) in [6.07, 6.45) is 0. The van der Waals surface area contributed by atoms with Crippen LogP contribution in [0.25, 0.3) is 11.0 Å². The molecule has 0 spiro atoms. The van der Waals surface area contributed by atoms with Gasteiger partial charge in [0.05, 0.1) is 18.1 Å². The smallest absolute Gasteiger partial charge is 0.250 e. The van der Waals surface area contributed by atoms with Gasteiger partial charge in [0.25, 0.3) is 0 Å². The van der Waals surface area contributed by atoms with E-state index in [1.165, 1.54) is 11.3 Å². The van der Waals surface area contributed by atoms with Crippen molar-refractivity contribution < 1.29 is 4.79 Å². The molecule has 10 heteroatoms. The summed E-state index contributed by atoms with van der Waals surface area (Å²) < 4.78 is 1.76. The minimum Gasteiger partial charge on any atom is -0.276 e. The Morgan fingerprint density at radius 2 is 1.82 bits per heavy atom. The number of β-lactam (4-membered cyclic amide) rings is 1. The van der Waals surface area contributed by atoms with Gasteiger partial charge in [0, 0.05) is 5.02 Å². The number of alkyl halides is 1. The van der Waals surface area contributed by atoms with Gasteiger partial charge in [-0.2, -0.15) is 0 Å². The summed E-state index contributed by atoms with van der Waals surface area (Å²) in [7, 11) is 0. The van der Waals surface area contributed by atoms with Gasteiger partial charge < -0.3 is 0 Å². The van der Waals surface area contributed by atoms with Crippen LogP contribution >= 0.6 is 34.5 Å². The molecule has 1 amide bonds. The lowest BCUT2D eigenvalue weighted by Crippen LogP contribution is -2.56. The lowest BCUT2D eigenvalue weighted by molar-refractivity contribution is -0.123. The third-order valence-electron chi connectivity index (χ3n) is 4.61. The molecule has 2 aromatic heterocycles. The zero-order valence-corrected chi connectivity index (χ0v) is 16.6. The number of halogens is 2. The van der Waals surface area contributed by atoms with Crippen LogP contribution in [0.5, 0.6) is 0 Å². The molecule has 7 nitrogen and oxygen atoms in total. The molecule has 0 saturated carbocycles. The second-order valence-electron chi connectivity index (χ2n) is 6.32. The molecule has 5 rings (SSSR count). The molecule has 1 saturated heterocycles. The minimum atomic E-state index is -0.632. The summed E-state index contributed by atoms with van der Waals surface area (Å²) in [5, 5.41) is 18.0. The molecular formula is C18H12Cl2N6OS. The van der Waals surface area contributed by atoms with Crippen molar-refractivity contribution in [2.45, 2.75) is 18.0 Å². The number of benzene rings is 2. The number of para-hydroxylation sites is 1. The third kappa shape index (κ3) is 2.85. The van der Waals surface area contributed by atoms with Crippen LogP contribution in [-0.4, -0.2) is 36.5 Å². The van der Waals surface area contributed by atoms with Crippen molar-refractivity contribution in [3.8, 4) is 0 Å². The van der Waals surface area contributed by atoms with Crippen LogP contribution in [0.3, 0.4) is 0 Å². The van der Waals surface area contributed by atoms with Gasteiger partial charge in [-0.1, -0.05) is 52.4 Å². The summed E-state index contributed by atoms with van der Waals surface area (Å²) in [6.45, 7) is 0.427. The van der Waals surface area contributed by atoms with Gasteiger partial charge in [0.1, 0.15) is 15.9 Å². The highest BCUT2D eigenvalue weighted by molar-refractivity contribution is 7.15. The number of fused-ring (bicyclic) bond motifs is 1. The Morgan fingerprint density at radius 1 is 1.04 bits per heavy atom. The van der Waals surface area contributed by atoms with Crippen LogP contribution < -0.4 is 4.90 Å². The van der Waals surface area contributed by atoms with E-state index in [2.05, 4.69) is 20.5 Å². The Bertz CT molecular complexity index is 1170. The fourth-order valence-electron chi connectivity index (χ4n) is 3.21. The van der Waals surface area contributed by atoms with E-state index in [9.17, 15) is 4.79 Å². The SMILES string of the molecule is O=C1C(Cl)C(c2ccc(Cl)cc2)N1c1nnc(Cn2nnc3ccccc32)s1. The number of carbonyl (C=O) groups is 1. The molecule has 3 heterocycles. The van der Waals surface area contributed by atoms with E-state index < -0.39 is 5.38 Å². The molecule has 4 aromatic rings. The Labute approximate surface area is 173 Å². The van der Waals surface area contributed by atoms with Crippen LogP contribution in [0.4, 0.5) is 5.13 Å². The van der Waals surface area contributed by atoms with Crippen LogP contribution in [-0.2, 0) is 11.3 Å². The molecule has 0 bridgehead atoms. The molecule has 140 valence electrons. The van der Waals surface area contributed by atoms with Gasteiger partial charge in [-0.3, -0.25) is 9.69 Å². The number of anilines is 1. The second kappa shape index (κ2) is 6.80. The lowest BCUT2D eigenvalue weighted by atomic mass is 9.94. The maximum atomic E-state index is 12.4. The maximum absolute atomic E-state index is 12.4. The first-order valence-corrected chi connectivity index (χ1v) is 10.1. The number of aromatic nitrogens is 5. The Balaban J connectivity index is 1.42. The lowest BCUT2D eigenvalue weighted by Gasteiger charge is -2.42. The number of hydrogen-bond donors (Lipinski definition) is 0. The van der Waals surface area contributed by atoms with Crippen molar-refractivity contribution in [2.24, 2.45) is 0 Å². The van der Waals surface area contributed by atoms with Gasteiger partial charge in [-0.25, -0.2) is 4.68 Å². The highest BCUT2D eigenvalue weighted by Crippen LogP contribution is 2.43. The molecule has 2 aromatic carbocycles. The predicted octanol–water partition coefficient (Wildman–Crippen LogP) is 3.68. The van der Waals surface area contributed by atoms with Gasteiger partial charge in [-0.05, 0) is 29.8 Å². The normalized spacial score (nSPS) is 19.2. The first-order valence-electron chi connectivity index (χ1n) is 8.45. The zero-order chi connectivity index (χ0) is 19.3. The fourth-order valence-corrected chi connectivity index (χ4v) is 4.57. The highest BCUT2D eigenvalue weighted by Gasteiger charge is 2.49. The average molecular weight is 431 g/mol. The number of carbonyl (C=O) groups excluding carboxylic acids is 1. The topological polar surface area (TPSA) is 76.8 Å². The third-order valence-corrected chi connectivity index (χ3v) is 6.19. The van der Waals surface area contributed by atoms with Crippen LogP contribution in [0.1, 0.15) is 16.6 Å². The van der Waals surface area contributed by atoms with E-state index in [0.29, 0.717) is 16.7 Å². The second-order valence-corrected chi connectivity index (χ2v) is 8.27. The Morgan fingerprint density at radius 3 is 2.64 bits per heavy atom. The molecule has 1 aliphatic rings. The first-order chi connectivity index (χ1) is 13.6. The molecule has 0 radical (unpaired) electrons. The van der Waals surface area contributed by atoms with Crippen molar-refractivity contribution in [2.75, 3.05) is 4.90 Å². The van der Waals surface area contributed by atoms with Crippen molar-refractivity contribution in [1.82, 2.24) is 25.2 Å². The molecule has 2 atom stereocenters. The Kier molecular flexibility index (Phi) is 4.26. The molecule has 0 N–H and O–H groups in total. The van der Waals surface area contributed by atoms with E-state index in [1.54, 1.807) is 21.7 Å². The molecule has 1 aliphatic heterocycles. The summed E-state index contributed by atoms with van der Waals surface area (Å²) in [5.74, 6) is -0.185. The fraction of sp³-hybridized carbons (Fsp3) is 0.167. The predicted molar refractivity (Wildman–Crippen MR) is 108 cm³/mol. The first kappa shape index (κ1) is 17.5. The van der Waals surface area contributed by atoms with Crippen LogP contribution in [0.15, 0.2) is 48.5 Å². The molecular weight excluding hydrogens is 419 g/mol. The highest BCUT2D eigenvalue weighted by atomic mass is 35.5. The summed E-state index contributed by atoms with van der Waals surface area (Å²) in [4.78, 5) is 14.0. The summed E-state index contributed by atoms with van der Waals surface area (Å²) >= 11 is 13.6. The number of nitrogens with zero attached hydrogens (tertiary/aromatic N) is 6. The monoisotopic (exact) mass is 430 g/mol. The number of rotatable bonds is 4. The standard InChI is InChI=1S/C18H12Cl2N6OS/c19-11-7-5-10(6-8-11)16-15(20)17(27)26(16)18-23-22-14(28-18)9-25-13-4-2-1-3-12(13)21-24-25/h1-8,15-16H,9H2. The number of amides is 1. The van der Waals surface area contributed by atoms with Gasteiger partial charge in [0.2, 0.25) is 11.0 Å². The maximum Gasteiger partial charge on any atom is 0.250 e. The van der Waals surface area contributed by atoms with E-state index in [0.717, 1.165) is 21.6 Å². The quantitative estimate of drug-likeness (QED) is 0.364. The van der Waals surface area contributed by atoms with Crippen molar-refractivity contribution in [3.63, 3.8) is 0 Å². The average Bonchev–Trinajstić information content (AvgIpc) is 3.34.